The molecular formula is C22H22ClNO. The van der Waals surface area contributed by atoms with Crippen LogP contribution in [0.25, 0.3) is 10.8 Å². The van der Waals surface area contributed by atoms with Crippen molar-refractivity contribution in [1.29, 1.82) is 0 Å². The molecule has 0 aliphatic carbocycles. The molecule has 128 valence electrons. The number of rotatable bonds is 5. The number of hydrogen-bond acceptors (Lipinski definition) is 1. The van der Waals surface area contributed by atoms with Crippen molar-refractivity contribution in [2.75, 3.05) is 13.1 Å². The number of carbonyl (C=O) groups excluding carboxylic acids is 1. The maximum Gasteiger partial charge on any atom is 0.253 e. The first-order valence-electron chi connectivity index (χ1n) is 8.66. The molecule has 3 aromatic carbocycles. The predicted octanol–water partition coefficient (Wildman–Crippen LogP) is 5.65. The lowest BCUT2D eigenvalue weighted by atomic mass is 9.97. The van der Waals surface area contributed by atoms with Crippen molar-refractivity contribution < 1.29 is 4.79 Å². The molecule has 3 rings (SSSR count). The van der Waals surface area contributed by atoms with Gasteiger partial charge in [0.1, 0.15) is 0 Å². The average Bonchev–Trinajstić information content (AvgIpc) is 2.68. The van der Waals surface area contributed by atoms with Crippen molar-refractivity contribution in [2.45, 2.75) is 19.2 Å². The van der Waals surface area contributed by atoms with Crippen LogP contribution >= 0.6 is 11.6 Å². The van der Waals surface area contributed by atoms with E-state index in [1.165, 1.54) is 5.39 Å². The van der Waals surface area contributed by atoms with Gasteiger partial charge in [-0.25, -0.2) is 0 Å². The van der Waals surface area contributed by atoms with Crippen molar-refractivity contribution >= 4 is 28.3 Å². The van der Waals surface area contributed by atoms with Gasteiger partial charge in [-0.1, -0.05) is 54.6 Å². The standard InChI is InChI=1S/C22H22ClNO/c1-3-24(4-2)22(25)18-14-12-17(13-15-18)21(23)20-11-7-9-16-8-5-6-10-19(16)20/h5-15,21H,3-4H2,1-2H3. The Hall–Kier alpha value is -2.32. The van der Waals surface area contributed by atoms with Crippen molar-refractivity contribution in [1.82, 2.24) is 4.90 Å². The number of nitrogens with zero attached hydrogens (tertiary/aromatic N) is 1. The van der Waals surface area contributed by atoms with Crippen LogP contribution in [0.2, 0.25) is 0 Å². The molecule has 1 amide bonds. The van der Waals surface area contributed by atoms with Gasteiger partial charge in [0, 0.05) is 18.7 Å². The summed E-state index contributed by atoms with van der Waals surface area (Å²) in [7, 11) is 0. The second-order valence-electron chi connectivity index (χ2n) is 6.03. The molecule has 3 aromatic rings. The van der Waals surface area contributed by atoms with E-state index < -0.39 is 0 Å². The summed E-state index contributed by atoms with van der Waals surface area (Å²) in [5.74, 6) is 0.0628. The molecule has 0 saturated carbocycles. The van der Waals surface area contributed by atoms with E-state index in [1.54, 1.807) is 0 Å². The minimum Gasteiger partial charge on any atom is -0.339 e. The van der Waals surface area contributed by atoms with E-state index in [9.17, 15) is 4.79 Å². The summed E-state index contributed by atoms with van der Waals surface area (Å²) in [6.07, 6.45) is 0. The molecule has 0 saturated heterocycles. The SMILES string of the molecule is CCN(CC)C(=O)c1ccc(C(Cl)c2cccc3ccccc23)cc1. The minimum atomic E-state index is -0.247. The van der Waals surface area contributed by atoms with Crippen LogP contribution in [-0.2, 0) is 0 Å². The highest BCUT2D eigenvalue weighted by atomic mass is 35.5. The van der Waals surface area contributed by atoms with Gasteiger partial charge in [-0.2, -0.15) is 0 Å². The van der Waals surface area contributed by atoms with Crippen LogP contribution in [0.3, 0.4) is 0 Å². The third-order valence-electron chi connectivity index (χ3n) is 4.60. The van der Waals surface area contributed by atoms with Gasteiger partial charge in [0.15, 0.2) is 0 Å². The van der Waals surface area contributed by atoms with Crippen molar-refractivity contribution in [2.24, 2.45) is 0 Å². The van der Waals surface area contributed by atoms with Crippen LogP contribution in [-0.4, -0.2) is 23.9 Å². The van der Waals surface area contributed by atoms with Gasteiger partial charge in [0.2, 0.25) is 0 Å². The number of amides is 1. The number of benzene rings is 3. The van der Waals surface area contributed by atoms with Crippen LogP contribution in [0.1, 0.15) is 40.7 Å². The summed E-state index contributed by atoms with van der Waals surface area (Å²) in [6.45, 7) is 5.41. The molecule has 0 aliphatic heterocycles. The topological polar surface area (TPSA) is 20.3 Å². The second-order valence-corrected chi connectivity index (χ2v) is 6.47. The lowest BCUT2D eigenvalue weighted by molar-refractivity contribution is 0.0773. The summed E-state index contributed by atoms with van der Waals surface area (Å²) >= 11 is 6.76. The molecule has 3 heteroatoms. The number of hydrogen-bond donors (Lipinski definition) is 0. The normalized spacial score (nSPS) is 12.1. The van der Waals surface area contributed by atoms with Gasteiger partial charge in [0.05, 0.1) is 5.38 Å². The van der Waals surface area contributed by atoms with Gasteiger partial charge in [-0.3, -0.25) is 4.79 Å². The summed E-state index contributed by atoms with van der Waals surface area (Å²) in [5, 5.41) is 2.09. The van der Waals surface area contributed by atoms with E-state index in [4.69, 9.17) is 11.6 Å². The Morgan fingerprint density at radius 3 is 2.24 bits per heavy atom. The molecule has 0 radical (unpaired) electrons. The molecule has 0 N–H and O–H groups in total. The molecule has 0 spiro atoms. The molecule has 1 unspecified atom stereocenters. The van der Waals surface area contributed by atoms with Crippen LogP contribution in [0.15, 0.2) is 66.7 Å². The lowest BCUT2D eigenvalue weighted by Gasteiger charge is -2.19. The number of halogens is 1. The van der Waals surface area contributed by atoms with E-state index in [2.05, 4.69) is 24.3 Å². The number of alkyl halides is 1. The third-order valence-corrected chi connectivity index (χ3v) is 5.08. The average molecular weight is 352 g/mol. The lowest BCUT2D eigenvalue weighted by Crippen LogP contribution is -2.30. The Morgan fingerprint density at radius 1 is 0.920 bits per heavy atom. The summed E-state index contributed by atoms with van der Waals surface area (Å²) in [6, 6.07) is 22.1. The van der Waals surface area contributed by atoms with Gasteiger partial charge < -0.3 is 4.90 Å². The van der Waals surface area contributed by atoms with Crippen LogP contribution < -0.4 is 0 Å². The third kappa shape index (κ3) is 3.54. The number of carbonyl (C=O) groups is 1. The first-order valence-corrected chi connectivity index (χ1v) is 9.10. The quantitative estimate of drug-likeness (QED) is 0.544. The largest absolute Gasteiger partial charge is 0.339 e. The predicted molar refractivity (Wildman–Crippen MR) is 105 cm³/mol. The zero-order chi connectivity index (χ0) is 17.8. The molecular weight excluding hydrogens is 330 g/mol. The van der Waals surface area contributed by atoms with Gasteiger partial charge >= 0.3 is 0 Å². The Balaban J connectivity index is 1.90. The maximum atomic E-state index is 12.4. The van der Waals surface area contributed by atoms with Crippen molar-refractivity contribution in [3.05, 3.63) is 83.4 Å². The molecule has 0 aromatic heterocycles. The number of fused-ring (bicyclic) bond motifs is 1. The highest BCUT2D eigenvalue weighted by Gasteiger charge is 2.16. The van der Waals surface area contributed by atoms with E-state index in [1.807, 2.05) is 61.2 Å². The molecule has 0 heterocycles. The zero-order valence-corrected chi connectivity index (χ0v) is 15.3. The van der Waals surface area contributed by atoms with Crippen molar-refractivity contribution in [3.8, 4) is 0 Å². The highest BCUT2D eigenvalue weighted by Crippen LogP contribution is 2.33. The summed E-state index contributed by atoms with van der Waals surface area (Å²) in [4.78, 5) is 14.2. The Morgan fingerprint density at radius 2 is 1.56 bits per heavy atom. The highest BCUT2D eigenvalue weighted by molar-refractivity contribution is 6.23. The molecule has 0 aliphatic rings. The van der Waals surface area contributed by atoms with Gasteiger partial charge in [-0.15, -0.1) is 11.6 Å². The van der Waals surface area contributed by atoms with Gasteiger partial charge in [0.25, 0.3) is 5.91 Å². The molecule has 25 heavy (non-hydrogen) atoms. The summed E-state index contributed by atoms with van der Waals surface area (Å²) < 4.78 is 0. The smallest absolute Gasteiger partial charge is 0.253 e. The minimum absolute atomic E-state index is 0.0628. The Kier molecular flexibility index (Phi) is 5.40. The van der Waals surface area contributed by atoms with E-state index in [-0.39, 0.29) is 11.3 Å². The fourth-order valence-corrected chi connectivity index (χ4v) is 3.47. The van der Waals surface area contributed by atoms with E-state index in [0.717, 1.165) is 16.5 Å². The first-order chi connectivity index (χ1) is 12.2. The first kappa shape index (κ1) is 17.5. The van der Waals surface area contributed by atoms with Crippen molar-refractivity contribution in [3.63, 3.8) is 0 Å². The van der Waals surface area contributed by atoms with Gasteiger partial charge in [-0.05, 0) is 47.9 Å². The van der Waals surface area contributed by atoms with Crippen LogP contribution in [0.5, 0.6) is 0 Å². The second kappa shape index (κ2) is 7.71. The molecule has 0 bridgehead atoms. The van der Waals surface area contributed by atoms with E-state index in [0.29, 0.717) is 18.7 Å². The molecule has 2 nitrogen and oxygen atoms in total. The maximum absolute atomic E-state index is 12.4. The monoisotopic (exact) mass is 351 g/mol. The van der Waals surface area contributed by atoms with E-state index >= 15 is 0 Å². The Bertz CT molecular complexity index is 863. The zero-order valence-electron chi connectivity index (χ0n) is 14.6. The van der Waals surface area contributed by atoms with Crippen LogP contribution in [0.4, 0.5) is 0 Å². The molecule has 1 atom stereocenters. The molecule has 0 fully saturated rings. The fraction of sp³-hybridized carbons (Fsp3) is 0.227. The Labute approximate surface area is 154 Å². The van der Waals surface area contributed by atoms with Crippen LogP contribution in [0, 0.1) is 0 Å². The fourth-order valence-electron chi connectivity index (χ4n) is 3.14. The summed E-state index contributed by atoms with van der Waals surface area (Å²) in [5.41, 5.74) is 2.78.